The van der Waals surface area contributed by atoms with E-state index in [1.165, 1.54) is 12.1 Å². The molecule has 0 radical (unpaired) electrons. The first-order valence-corrected chi connectivity index (χ1v) is 9.06. The predicted molar refractivity (Wildman–Crippen MR) is 99.5 cm³/mol. The molecule has 1 N–H and O–H groups in total. The minimum atomic E-state index is -0.318. The lowest BCUT2D eigenvalue weighted by Gasteiger charge is -2.34. The maximum Gasteiger partial charge on any atom is 0.317 e. The summed E-state index contributed by atoms with van der Waals surface area (Å²) in [7, 11) is 0. The van der Waals surface area contributed by atoms with Crippen LogP contribution in [0.1, 0.15) is 28.7 Å². The molecule has 3 amide bonds. The van der Waals surface area contributed by atoms with Gasteiger partial charge in [0.2, 0.25) is 0 Å². The van der Waals surface area contributed by atoms with Crippen molar-refractivity contribution in [3.8, 4) is 5.69 Å². The summed E-state index contributed by atoms with van der Waals surface area (Å²) in [5.41, 5.74) is 2.62. The lowest BCUT2D eigenvalue weighted by molar-refractivity contribution is 0.0664. The number of halogens is 1. The van der Waals surface area contributed by atoms with Crippen LogP contribution in [0.4, 0.5) is 9.18 Å². The molecule has 3 rings (SSSR count). The Hall–Kier alpha value is -2.90. The summed E-state index contributed by atoms with van der Waals surface area (Å²) in [4.78, 5) is 28.4. The first-order valence-electron chi connectivity index (χ1n) is 9.06. The molecule has 1 fully saturated rings. The zero-order valence-electron chi connectivity index (χ0n) is 15.8. The van der Waals surface area contributed by atoms with Crippen molar-refractivity contribution in [3.05, 3.63) is 47.0 Å². The largest absolute Gasteiger partial charge is 0.338 e. The van der Waals surface area contributed by atoms with E-state index in [0.29, 0.717) is 49.7 Å². The molecule has 7 nitrogen and oxygen atoms in total. The second kappa shape index (κ2) is 7.77. The number of amides is 3. The van der Waals surface area contributed by atoms with E-state index in [9.17, 15) is 14.0 Å². The Morgan fingerprint density at radius 1 is 1.07 bits per heavy atom. The Morgan fingerprint density at radius 2 is 1.67 bits per heavy atom. The number of aryl methyl sites for hydroxylation is 1. The number of nitrogens with zero attached hydrogens (tertiary/aromatic N) is 4. The summed E-state index contributed by atoms with van der Waals surface area (Å²) < 4.78 is 14.8. The summed E-state index contributed by atoms with van der Waals surface area (Å²) in [6.07, 6.45) is 0. The minimum absolute atomic E-state index is 0.0890. The number of aromatic nitrogens is 2. The van der Waals surface area contributed by atoms with E-state index in [1.807, 2.05) is 13.8 Å². The lowest BCUT2D eigenvalue weighted by atomic mass is 10.1. The van der Waals surface area contributed by atoms with Gasteiger partial charge in [0.1, 0.15) is 5.82 Å². The van der Waals surface area contributed by atoms with E-state index in [1.54, 1.807) is 33.5 Å². The minimum Gasteiger partial charge on any atom is -0.338 e. The second-order valence-corrected chi connectivity index (χ2v) is 6.55. The van der Waals surface area contributed by atoms with Gasteiger partial charge in [-0.05, 0) is 45.0 Å². The van der Waals surface area contributed by atoms with Gasteiger partial charge in [0.05, 0.1) is 22.6 Å². The summed E-state index contributed by atoms with van der Waals surface area (Å²) in [5, 5.41) is 7.24. The summed E-state index contributed by atoms with van der Waals surface area (Å²) in [5.74, 6) is -0.407. The fraction of sp³-hybridized carbons (Fsp3) is 0.421. The van der Waals surface area contributed by atoms with E-state index in [0.717, 1.165) is 5.69 Å². The molecule has 0 unspecified atom stereocenters. The van der Waals surface area contributed by atoms with Gasteiger partial charge in [-0.1, -0.05) is 0 Å². The van der Waals surface area contributed by atoms with Crippen LogP contribution in [0.15, 0.2) is 24.3 Å². The topological polar surface area (TPSA) is 70.5 Å². The number of carbonyl (C=O) groups is 2. The van der Waals surface area contributed by atoms with Crippen LogP contribution in [-0.4, -0.2) is 64.2 Å². The van der Waals surface area contributed by atoms with Crippen LogP contribution in [0.5, 0.6) is 0 Å². The third-order valence-corrected chi connectivity index (χ3v) is 4.76. The number of benzene rings is 1. The molecule has 1 aliphatic heterocycles. The molecule has 8 heteroatoms. The number of hydrogen-bond donors (Lipinski definition) is 1. The zero-order valence-corrected chi connectivity index (χ0v) is 15.8. The average molecular weight is 373 g/mol. The van der Waals surface area contributed by atoms with Crippen LogP contribution in [0.3, 0.4) is 0 Å². The van der Waals surface area contributed by atoms with Crippen LogP contribution >= 0.6 is 0 Å². The highest BCUT2D eigenvalue weighted by molar-refractivity contribution is 5.96. The van der Waals surface area contributed by atoms with Gasteiger partial charge in [-0.3, -0.25) is 4.79 Å². The van der Waals surface area contributed by atoms with E-state index in [4.69, 9.17) is 0 Å². The Labute approximate surface area is 157 Å². The van der Waals surface area contributed by atoms with Crippen molar-refractivity contribution >= 4 is 11.9 Å². The molecule has 0 bridgehead atoms. The summed E-state index contributed by atoms with van der Waals surface area (Å²) >= 11 is 0. The highest BCUT2D eigenvalue weighted by atomic mass is 19.1. The Morgan fingerprint density at radius 3 is 2.26 bits per heavy atom. The van der Waals surface area contributed by atoms with Gasteiger partial charge in [0.15, 0.2) is 0 Å². The monoisotopic (exact) mass is 373 g/mol. The van der Waals surface area contributed by atoms with Crippen molar-refractivity contribution in [1.29, 1.82) is 0 Å². The number of rotatable bonds is 3. The smallest absolute Gasteiger partial charge is 0.317 e. The molecule has 0 saturated carbocycles. The Kier molecular flexibility index (Phi) is 5.43. The zero-order chi connectivity index (χ0) is 19.6. The highest BCUT2D eigenvalue weighted by Crippen LogP contribution is 2.20. The van der Waals surface area contributed by atoms with Crippen molar-refractivity contribution in [3.63, 3.8) is 0 Å². The van der Waals surface area contributed by atoms with Crippen LogP contribution < -0.4 is 5.32 Å². The maximum absolute atomic E-state index is 13.2. The van der Waals surface area contributed by atoms with Crippen LogP contribution in [-0.2, 0) is 0 Å². The molecule has 2 aromatic rings. The molecule has 27 heavy (non-hydrogen) atoms. The highest BCUT2D eigenvalue weighted by Gasteiger charge is 2.28. The first-order chi connectivity index (χ1) is 12.9. The molecule has 1 aromatic heterocycles. The van der Waals surface area contributed by atoms with Gasteiger partial charge in [0, 0.05) is 32.7 Å². The molecule has 1 aliphatic rings. The van der Waals surface area contributed by atoms with Crippen LogP contribution in [0.25, 0.3) is 5.69 Å². The van der Waals surface area contributed by atoms with Crippen molar-refractivity contribution in [2.45, 2.75) is 20.8 Å². The van der Waals surface area contributed by atoms with E-state index >= 15 is 0 Å². The molecule has 1 aromatic carbocycles. The molecule has 1 saturated heterocycles. The van der Waals surface area contributed by atoms with Gasteiger partial charge in [0.25, 0.3) is 5.91 Å². The standard InChI is InChI=1S/C19H24FN5O2/c1-4-21-19(27)24-11-9-23(10-12-24)18(26)17-13(2)22-25(14(17)3)16-7-5-15(20)6-8-16/h5-8H,4,9-12H2,1-3H3,(H,21,27). The van der Waals surface area contributed by atoms with Crippen molar-refractivity contribution in [1.82, 2.24) is 24.9 Å². The van der Waals surface area contributed by atoms with E-state index in [2.05, 4.69) is 10.4 Å². The maximum atomic E-state index is 13.2. The van der Waals surface area contributed by atoms with Gasteiger partial charge >= 0.3 is 6.03 Å². The molecule has 144 valence electrons. The normalized spacial score (nSPS) is 14.4. The lowest BCUT2D eigenvalue weighted by Crippen LogP contribution is -2.53. The number of urea groups is 1. The molecule has 2 heterocycles. The Balaban J connectivity index is 1.76. The third-order valence-electron chi connectivity index (χ3n) is 4.76. The van der Waals surface area contributed by atoms with E-state index in [-0.39, 0.29) is 17.8 Å². The average Bonchev–Trinajstić information content (AvgIpc) is 2.96. The molecule has 0 aliphatic carbocycles. The van der Waals surface area contributed by atoms with Crippen LogP contribution in [0, 0.1) is 19.7 Å². The van der Waals surface area contributed by atoms with Gasteiger partial charge < -0.3 is 15.1 Å². The third kappa shape index (κ3) is 3.79. The van der Waals surface area contributed by atoms with Crippen LogP contribution in [0.2, 0.25) is 0 Å². The van der Waals surface area contributed by atoms with Crippen molar-refractivity contribution in [2.24, 2.45) is 0 Å². The quantitative estimate of drug-likeness (QED) is 0.896. The van der Waals surface area contributed by atoms with Crippen molar-refractivity contribution < 1.29 is 14.0 Å². The summed E-state index contributed by atoms with van der Waals surface area (Å²) in [6, 6.07) is 5.91. The van der Waals surface area contributed by atoms with Crippen molar-refractivity contribution in [2.75, 3.05) is 32.7 Å². The predicted octanol–water partition coefficient (Wildman–Crippen LogP) is 2.12. The van der Waals surface area contributed by atoms with Gasteiger partial charge in [-0.25, -0.2) is 13.9 Å². The SMILES string of the molecule is CCNC(=O)N1CCN(C(=O)c2c(C)nn(-c3ccc(F)cc3)c2C)CC1. The fourth-order valence-corrected chi connectivity index (χ4v) is 3.32. The number of hydrogen-bond acceptors (Lipinski definition) is 3. The van der Waals surface area contributed by atoms with E-state index < -0.39 is 0 Å². The molecule has 0 spiro atoms. The van der Waals surface area contributed by atoms with Gasteiger partial charge in [-0.15, -0.1) is 0 Å². The van der Waals surface area contributed by atoms with Gasteiger partial charge in [-0.2, -0.15) is 5.10 Å². The molecule has 0 atom stereocenters. The molecular weight excluding hydrogens is 349 g/mol. The fourth-order valence-electron chi connectivity index (χ4n) is 3.32. The number of carbonyl (C=O) groups excluding carboxylic acids is 2. The molecular formula is C19H24FN5O2. The first kappa shape index (κ1) is 18.9. The number of nitrogens with one attached hydrogen (secondary N) is 1. The summed E-state index contributed by atoms with van der Waals surface area (Å²) in [6.45, 7) is 8.06. The second-order valence-electron chi connectivity index (χ2n) is 6.55. The number of piperazine rings is 1. The Bertz CT molecular complexity index is 839.